The van der Waals surface area contributed by atoms with E-state index in [9.17, 15) is 0 Å². The van der Waals surface area contributed by atoms with Crippen LogP contribution in [0.1, 0.15) is 29.7 Å². The molecule has 0 spiro atoms. The summed E-state index contributed by atoms with van der Waals surface area (Å²) in [6.07, 6.45) is 0. The smallest absolute Gasteiger partial charge is 0.106 e. The first-order valence-corrected chi connectivity index (χ1v) is 7.18. The third-order valence-electron chi connectivity index (χ3n) is 3.16. The Bertz CT molecular complexity index is 640. The number of hydrogen-bond donors (Lipinski definition) is 2. The van der Waals surface area contributed by atoms with E-state index in [1.165, 1.54) is 0 Å². The van der Waals surface area contributed by atoms with Crippen molar-refractivity contribution in [3.8, 4) is 0 Å². The summed E-state index contributed by atoms with van der Waals surface area (Å²) >= 11 is 11.1. The van der Waals surface area contributed by atoms with Gasteiger partial charge in [-0.3, -0.25) is 0 Å². The Balaban J connectivity index is 2.29. The van der Waals surface area contributed by atoms with Gasteiger partial charge in [-0.15, -0.1) is 0 Å². The Labute approximate surface area is 130 Å². The monoisotopic (exact) mass is 304 g/mol. The molecule has 0 aliphatic carbocycles. The van der Waals surface area contributed by atoms with Crippen molar-refractivity contribution in [2.75, 3.05) is 5.32 Å². The molecule has 1 atom stereocenters. The van der Waals surface area contributed by atoms with E-state index in [2.05, 4.69) is 18.3 Å². The maximum atomic E-state index is 6.03. The van der Waals surface area contributed by atoms with Crippen LogP contribution in [0.2, 0.25) is 5.02 Å². The van der Waals surface area contributed by atoms with E-state index in [0.29, 0.717) is 4.99 Å². The van der Waals surface area contributed by atoms with Gasteiger partial charge >= 0.3 is 0 Å². The number of aryl methyl sites for hydroxylation is 1. The van der Waals surface area contributed by atoms with Gasteiger partial charge in [0.1, 0.15) is 4.99 Å². The largest absolute Gasteiger partial charge is 0.389 e. The second-order valence-electron chi connectivity index (χ2n) is 4.83. The van der Waals surface area contributed by atoms with Gasteiger partial charge in [0.15, 0.2) is 0 Å². The molecule has 4 heteroatoms. The molecule has 0 aliphatic rings. The zero-order valence-corrected chi connectivity index (χ0v) is 13.1. The molecule has 2 aromatic rings. The lowest BCUT2D eigenvalue weighted by molar-refractivity contribution is 0.884. The molecule has 0 bridgehead atoms. The number of anilines is 1. The highest BCUT2D eigenvalue weighted by Gasteiger charge is 2.10. The summed E-state index contributed by atoms with van der Waals surface area (Å²) in [5, 5.41) is 4.18. The molecule has 0 aliphatic heterocycles. The van der Waals surface area contributed by atoms with Crippen LogP contribution in [-0.2, 0) is 0 Å². The third kappa shape index (κ3) is 3.50. The van der Waals surface area contributed by atoms with E-state index in [1.54, 1.807) is 0 Å². The lowest BCUT2D eigenvalue weighted by Crippen LogP contribution is -2.15. The first-order valence-electron chi connectivity index (χ1n) is 6.40. The van der Waals surface area contributed by atoms with Crippen LogP contribution in [0, 0.1) is 6.92 Å². The quantitative estimate of drug-likeness (QED) is 0.819. The van der Waals surface area contributed by atoms with Gasteiger partial charge in [0.25, 0.3) is 0 Å². The van der Waals surface area contributed by atoms with E-state index in [-0.39, 0.29) is 6.04 Å². The van der Waals surface area contributed by atoms with E-state index >= 15 is 0 Å². The second-order valence-corrected chi connectivity index (χ2v) is 5.71. The normalized spacial score (nSPS) is 11.9. The second kappa shape index (κ2) is 6.25. The number of benzene rings is 2. The third-order valence-corrected chi connectivity index (χ3v) is 3.62. The SMILES string of the molecule is Cc1ccc(C(N)=S)c(NC(C)c2cccc(Cl)c2)c1. The van der Waals surface area contributed by atoms with Crippen molar-refractivity contribution in [2.24, 2.45) is 5.73 Å². The summed E-state index contributed by atoms with van der Waals surface area (Å²) < 4.78 is 0. The molecule has 0 heterocycles. The molecule has 0 aromatic heterocycles. The Morgan fingerprint density at radius 1 is 1.25 bits per heavy atom. The number of halogens is 1. The minimum Gasteiger partial charge on any atom is -0.389 e. The lowest BCUT2D eigenvalue weighted by Gasteiger charge is -2.19. The molecular formula is C16H17ClN2S. The van der Waals surface area contributed by atoms with Crippen molar-refractivity contribution in [1.29, 1.82) is 0 Å². The number of thiocarbonyl (C=S) groups is 1. The van der Waals surface area contributed by atoms with Crippen molar-refractivity contribution in [3.05, 3.63) is 64.2 Å². The van der Waals surface area contributed by atoms with Gasteiger partial charge in [-0.05, 0) is 49.2 Å². The average molecular weight is 305 g/mol. The fourth-order valence-corrected chi connectivity index (χ4v) is 2.46. The standard InChI is InChI=1S/C16H17ClN2S/c1-10-6-7-14(16(18)20)15(8-10)19-11(2)12-4-3-5-13(17)9-12/h3-9,11,19H,1-2H3,(H2,18,20). The van der Waals surface area contributed by atoms with Crippen LogP contribution in [0.5, 0.6) is 0 Å². The summed E-state index contributed by atoms with van der Waals surface area (Å²) in [6, 6.07) is 13.9. The van der Waals surface area contributed by atoms with Crippen molar-refractivity contribution in [3.63, 3.8) is 0 Å². The maximum absolute atomic E-state index is 6.03. The molecular weight excluding hydrogens is 288 g/mol. The van der Waals surface area contributed by atoms with Gasteiger partial charge in [-0.1, -0.05) is 42.0 Å². The Morgan fingerprint density at radius 2 is 2.00 bits per heavy atom. The zero-order chi connectivity index (χ0) is 14.7. The van der Waals surface area contributed by atoms with E-state index in [0.717, 1.165) is 27.4 Å². The lowest BCUT2D eigenvalue weighted by atomic mass is 10.1. The van der Waals surface area contributed by atoms with Crippen LogP contribution in [-0.4, -0.2) is 4.99 Å². The zero-order valence-electron chi connectivity index (χ0n) is 11.5. The summed E-state index contributed by atoms with van der Waals surface area (Å²) in [5.74, 6) is 0. The van der Waals surface area contributed by atoms with Gasteiger partial charge in [-0.2, -0.15) is 0 Å². The molecule has 0 amide bonds. The summed E-state index contributed by atoms with van der Waals surface area (Å²) in [4.78, 5) is 0.394. The fourth-order valence-electron chi connectivity index (χ4n) is 2.08. The first-order chi connectivity index (χ1) is 9.47. The van der Waals surface area contributed by atoms with Crippen LogP contribution >= 0.6 is 23.8 Å². The van der Waals surface area contributed by atoms with Crippen molar-refractivity contribution < 1.29 is 0 Å². The van der Waals surface area contributed by atoms with Crippen molar-refractivity contribution in [1.82, 2.24) is 0 Å². The molecule has 0 saturated heterocycles. The van der Waals surface area contributed by atoms with Crippen LogP contribution in [0.4, 0.5) is 5.69 Å². The Kier molecular flexibility index (Phi) is 4.63. The molecule has 20 heavy (non-hydrogen) atoms. The van der Waals surface area contributed by atoms with Crippen molar-refractivity contribution >= 4 is 34.5 Å². The molecule has 3 N–H and O–H groups in total. The highest BCUT2D eigenvalue weighted by molar-refractivity contribution is 7.80. The minimum atomic E-state index is 0.114. The molecule has 2 nitrogen and oxygen atoms in total. The summed E-state index contributed by atoms with van der Waals surface area (Å²) in [6.45, 7) is 4.12. The first kappa shape index (κ1) is 14.8. The molecule has 2 rings (SSSR count). The topological polar surface area (TPSA) is 38.0 Å². The van der Waals surface area contributed by atoms with E-state index < -0.39 is 0 Å². The molecule has 2 aromatic carbocycles. The van der Waals surface area contributed by atoms with Crippen LogP contribution in [0.25, 0.3) is 0 Å². The Hall–Kier alpha value is -1.58. The van der Waals surface area contributed by atoms with Gasteiger partial charge < -0.3 is 11.1 Å². The van der Waals surface area contributed by atoms with Crippen LogP contribution in [0.3, 0.4) is 0 Å². The van der Waals surface area contributed by atoms with Gasteiger partial charge in [0, 0.05) is 22.3 Å². The molecule has 0 fully saturated rings. The fraction of sp³-hybridized carbons (Fsp3) is 0.188. The highest BCUT2D eigenvalue weighted by Crippen LogP contribution is 2.25. The van der Waals surface area contributed by atoms with Crippen molar-refractivity contribution in [2.45, 2.75) is 19.9 Å². The minimum absolute atomic E-state index is 0.114. The molecule has 1 unspecified atom stereocenters. The average Bonchev–Trinajstić information content (AvgIpc) is 2.38. The summed E-state index contributed by atoms with van der Waals surface area (Å²) in [5.41, 5.74) is 9.86. The predicted molar refractivity (Wildman–Crippen MR) is 90.6 cm³/mol. The van der Waals surface area contributed by atoms with Gasteiger partial charge in [0.05, 0.1) is 0 Å². The van der Waals surface area contributed by atoms with E-state index in [4.69, 9.17) is 29.6 Å². The van der Waals surface area contributed by atoms with Crippen LogP contribution < -0.4 is 11.1 Å². The predicted octanol–water partition coefficient (Wildman–Crippen LogP) is 4.46. The highest BCUT2D eigenvalue weighted by atomic mass is 35.5. The number of nitrogens with one attached hydrogen (secondary N) is 1. The van der Waals surface area contributed by atoms with E-state index in [1.807, 2.05) is 43.3 Å². The number of nitrogens with two attached hydrogens (primary N) is 1. The molecule has 0 radical (unpaired) electrons. The van der Waals surface area contributed by atoms with Crippen LogP contribution in [0.15, 0.2) is 42.5 Å². The summed E-state index contributed by atoms with van der Waals surface area (Å²) in [7, 11) is 0. The Morgan fingerprint density at radius 3 is 2.65 bits per heavy atom. The number of rotatable bonds is 4. The molecule has 104 valence electrons. The number of hydrogen-bond acceptors (Lipinski definition) is 2. The maximum Gasteiger partial charge on any atom is 0.106 e. The van der Waals surface area contributed by atoms with Gasteiger partial charge in [0.2, 0.25) is 0 Å². The van der Waals surface area contributed by atoms with Gasteiger partial charge in [-0.25, -0.2) is 0 Å². The molecule has 0 saturated carbocycles.